The Morgan fingerprint density at radius 3 is 2.56 bits per heavy atom. The first-order chi connectivity index (χ1) is 16.6. The number of benzene rings is 2. The number of likely N-dealkylation sites (N-methyl/N-ethyl adjacent to an activating group) is 1. The number of likely N-dealkylation sites (tertiary alicyclic amines) is 1. The number of rotatable bonds is 5. The van der Waals surface area contributed by atoms with Crippen molar-refractivity contribution in [3.63, 3.8) is 0 Å². The summed E-state index contributed by atoms with van der Waals surface area (Å²) in [4.78, 5) is 24.1. The van der Waals surface area contributed by atoms with Crippen LogP contribution in [0.3, 0.4) is 0 Å². The number of piperidine rings is 1. The maximum atomic E-state index is 12.5. The zero-order valence-corrected chi connectivity index (χ0v) is 19.6. The van der Waals surface area contributed by atoms with Crippen molar-refractivity contribution in [2.75, 3.05) is 39.7 Å². The second kappa shape index (κ2) is 9.27. The molecule has 0 saturated carbocycles. The lowest BCUT2D eigenvalue weighted by Gasteiger charge is -2.39. The Labute approximate surface area is 199 Å². The first-order valence-electron chi connectivity index (χ1n) is 11.4. The summed E-state index contributed by atoms with van der Waals surface area (Å²) in [5, 5.41) is 2.93. The minimum atomic E-state index is -0.188. The number of carbonyl (C=O) groups excluding carboxylic acids is 1. The molecule has 2 aromatic carbocycles. The average Bonchev–Trinajstić information content (AvgIpc) is 2.88. The van der Waals surface area contributed by atoms with Crippen LogP contribution in [0.25, 0.3) is 0 Å². The smallest absolute Gasteiger partial charge is 0.257 e. The fourth-order valence-corrected chi connectivity index (χ4v) is 4.85. The monoisotopic (exact) mass is 456 g/mol. The molecule has 1 aromatic heterocycles. The van der Waals surface area contributed by atoms with E-state index in [9.17, 15) is 4.79 Å². The molecule has 1 amide bonds. The standard InChI is InChI=1S/C27H28N4O3/c1-31-12-10-23-22(16-31)20-13-24(33-2)25(34-3)14-21(20)26(30-23)17-6-8-19(9-7-17)29-27(32)18-5-4-11-28-15-18/h4-9,11,13-15,22-23H,10,12,16H2,1-3H3,(H,29,32)/t22-,23-/m1/s1. The van der Waals surface area contributed by atoms with Crippen LogP contribution < -0.4 is 14.8 Å². The normalized spacial score (nSPS) is 19.4. The number of hydrogen-bond donors (Lipinski definition) is 1. The SMILES string of the molecule is COc1cc2c(cc1OC)[C@H]1CN(C)CC[C@H]1N=C2c1ccc(NC(=O)c2cccnc2)cc1. The molecule has 7 nitrogen and oxygen atoms in total. The molecular formula is C27H28N4O3. The number of ether oxygens (including phenoxy) is 2. The van der Waals surface area contributed by atoms with E-state index < -0.39 is 0 Å². The summed E-state index contributed by atoms with van der Waals surface area (Å²) in [5.74, 6) is 1.56. The molecule has 3 aromatic rings. The minimum Gasteiger partial charge on any atom is -0.493 e. The number of amides is 1. The van der Waals surface area contributed by atoms with Crippen molar-refractivity contribution in [3.05, 3.63) is 83.2 Å². The Hall–Kier alpha value is -3.71. The number of aromatic nitrogens is 1. The summed E-state index contributed by atoms with van der Waals surface area (Å²) in [6.07, 6.45) is 4.21. The summed E-state index contributed by atoms with van der Waals surface area (Å²) >= 11 is 0. The number of methoxy groups -OCH3 is 2. The van der Waals surface area contributed by atoms with E-state index in [-0.39, 0.29) is 11.9 Å². The van der Waals surface area contributed by atoms with E-state index in [0.29, 0.717) is 17.2 Å². The molecule has 2 atom stereocenters. The predicted octanol–water partition coefficient (Wildman–Crippen LogP) is 3.99. The van der Waals surface area contributed by atoms with Gasteiger partial charge in [0.25, 0.3) is 5.91 Å². The molecule has 34 heavy (non-hydrogen) atoms. The van der Waals surface area contributed by atoms with Gasteiger partial charge in [-0.05, 0) is 62.0 Å². The predicted molar refractivity (Wildman–Crippen MR) is 132 cm³/mol. The summed E-state index contributed by atoms with van der Waals surface area (Å²) in [6.45, 7) is 1.99. The quantitative estimate of drug-likeness (QED) is 0.628. The van der Waals surface area contributed by atoms with Gasteiger partial charge in [-0.15, -0.1) is 0 Å². The number of aliphatic imine (C=N–C) groups is 1. The Kier molecular flexibility index (Phi) is 6.02. The van der Waals surface area contributed by atoms with Gasteiger partial charge in [-0.3, -0.25) is 14.8 Å². The van der Waals surface area contributed by atoms with Crippen LogP contribution in [0.4, 0.5) is 5.69 Å². The van der Waals surface area contributed by atoms with Crippen molar-refractivity contribution in [2.24, 2.45) is 4.99 Å². The Bertz CT molecular complexity index is 1220. The lowest BCUT2D eigenvalue weighted by atomic mass is 9.79. The van der Waals surface area contributed by atoms with Gasteiger partial charge in [0.1, 0.15) is 0 Å². The summed E-state index contributed by atoms with van der Waals surface area (Å²) < 4.78 is 11.2. The van der Waals surface area contributed by atoms with Crippen molar-refractivity contribution in [1.82, 2.24) is 9.88 Å². The largest absolute Gasteiger partial charge is 0.493 e. The number of fused-ring (bicyclic) bond motifs is 3. The van der Waals surface area contributed by atoms with Crippen molar-refractivity contribution in [3.8, 4) is 11.5 Å². The van der Waals surface area contributed by atoms with E-state index in [1.54, 1.807) is 38.7 Å². The molecule has 7 heteroatoms. The second-order valence-electron chi connectivity index (χ2n) is 8.77. The minimum absolute atomic E-state index is 0.188. The van der Waals surface area contributed by atoms with Crippen LogP contribution >= 0.6 is 0 Å². The van der Waals surface area contributed by atoms with Gasteiger partial charge in [-0.1, -0.05) is 12.1 Å². The molecule has 0 unspecified atom stereocenters. The van der Waals surface area contributed by atoms with Gasteiger partial charge in [0.15, 0.2) is 11.5 Å². The highest BCUT2D eigenvalue weighted by atomic mass is 16.5. The Morgan fingerprint density at radius 1 is 1.09 bits per heavy atom. The van der Waals surface area contributed by atoms with Crippen LogP contribution in [0.15, 0.2) is 65.9 Å². The highest BCUT2D eigenvalue weighted by molar-refractivity contribution is 6.15. The number of carbonyl (C=O) groups is 1. The first kappa shape index (κ1) is 22.1. The van der Waals surface area contributed by atoms with E-state index in [4.69, 9.17) is 14.5 Å². The van der Waals surface area contributed by atoms with Crippen LogP contribution in [-0.4, -0.2) is 61.9 Å². The third-order valence-electron chi connectivity index (χ3n) is 6.62. The van der Waals surface area contributed by atoms with Gasteiger partial charge < -0.3 is 19.7 Å². The molecule has 0 bridgehead atoms. The van der Waals surface area contributed by atoms with Gasteiger partial charge >= 0.3 is 0 Å². The topological polar surface area (TPSA) is 76.1 Å². The van der Waals surface area contributed by atoms with Crippen LogP contribution in [-0.2, 0) is 0 Å². The molecule has 174 valence electrons. The van der Waals surface area contributed by atoms with Crippen molar-refractivity contribution in [1.29, 1.82) is 0 Å². The van der Waals surface area contributed by atoms with Gasteiger partial charge in [-0.2, -0.15) is 0 Å². The average molecular weight is 457 g/mol. The zero-order chi connectivity index (χ0) is 23.7. The molecule has 5 rings (SSSR count). The van der Waals surface area contributed by atoms with E-state index in [1.807, 2.05) is 30.3 Å². The molecule has 0 radical (unpaired) electrons. The van der Waals surface area contributed by atoms with Crippen LogP contribution in [0, 0.1) is 0 Å². The molecule has 2 aliphatic heterocycles. The van der Waals surface area contributed by atoms with Gasteiger partial charge in [-0.25, -0.2) is 0 Å². The first-order valence-corrected chi connectivity index (χ1v) is 11.4. The Balaban J connectivity index is 1.49. The Morgan fingerprint density at radius 2 is 1.85 bits per heavy atom. The van der Waals surface area contributed by atoms with Crippen molar-refractivity contribution >= 4 is 17.3 Å². The maximum absolute atomic E-state index is 12.5. The molecule has 1 fully saturated rings. The highest BCUT2D eigenvalue weighted by Crippen LogP contribution is 2.42. The summed E-state index contributed by atoms with van der Waals surface area (Å²) in [5.41, 5.74) is 5.51. The number of nitrogens with zero attached hydrogens (tertiary/aromatic N) is 3. The lowest BCUT2D eigenvalue weighted by molar-refractivity contribution is 0.102. The number of anilines is 1. The number of hydrogen-bond acceptors (Lipinski definition) is 6. The van der Waals surface area contributed by atoms with Gasteiger partial charge in [0.05, 0.1) is 31.5 Å². The second-order valence-corrected chi connectivity index (χ2v) is 8.77. The highest BCUT2D eigenvalue weighted by Gasteiger charge is 2.36. The fourth-order valence-electron chi connectivity index (χ4n) is 4.85. The molecule has 0 aliphatic carbocycles. The molecule has 0 spiro atoms. The molecule has 3 heterocycles. The molecule has 1 N–H and O–H groups in total. The van der Waals surface area contributed by atoms with Crippen LogP contribution in [0.2, 0.25) is 0 Å². The van der Waals surface area contributed by atoms with E-state index in [0.717, 1.165) is 47.8 Å². The third kappa shape index (κ3) is 4.15. The van der Waals surface area contributed by atoms with Gasteiger partial charge in [0.2, 0.25) is 0 Å². The molecule has 1 saturated heterocycles. The van der Waals surface area contributed by atoms with Crippen molar-refractivity contribution < 1.29 is 14.3 Å². The van der Waals surface area contributed by atoms with Crippen LogP contribution in [0.5, 0.6) is 11.5 Å². The van der Waals surface area contributed by atoms with Crippen molar-refractivity contribution in [2.45, 2.75) is 18.4 Å². The van der Waals surface area contributed by atoms with E-state index >= 15 is 0 Å². The number of nitrogens with one attached hydrogen (secondary N) is 1. The third-order valence-corrected chi connectivity index (χ3v) is 6.62. The van der Waals surface area contributed by atoms with Gasteiger partial charge in [0, 0.05) is 41.7 Å². The fraction of sp³-hybridized carbons (Fsp3) is 0.296. The molecular weight excluding hydrogens is 428 g/mol. The summed E-state index contributed by atoms with van der Waals surface area (Å²) in [7, 11) is 5.49. The van der Waals surface area contributed by atoms with E-state index in [1.165, 1.54) is 5.56 Å². The molecule has 2 aliphatic rings. The number of pyridine rings is 1. The summed E-state index contributed by atoms with van der Waals surface area (Å²) in [6, 6.07) is 15.7. The zero-order valence-electron chi connectivity index (χ0n) is 19.6. The maximum Gasteiger partial charge on any atom is 0.257 e. The lowest BCUT2D eigenvalue weighted by Crippen LogP contribution is -2.41. The van der Waals surface area contributed by atoms with Crippen LogP contribution in [0.1, 0.15) is 39.4 Å². The van der Waals surface area contributed by atoms with E-state index in [2.05, 4.69) is 28.3 Å².